The Morgan fingerprint density at radius 3 is 2.74 bits per heavy atom. The Morgan fingerprint density at radius 1 is 1.32 bits per heavy atom. The molecular weight excluding hydrogens is 238 g/mol. The van der Waals surface area contributed by atoms with Crippen molar-refractivity contribution in [3.05, 3.63) is 29.8 Å². The van der Waals surface area contributed by atoms with Gasteiger partial charge in [-0.15, -0.1) is 0 Å². The summed E-state index contributed by atoms with van der Waals surface area (Å²) in [6, 6.07) is 8.22. The van der Waals surface area contributed by atoms with E-state index in [9.17, 15) is 0 Å². The normalized spacial score (nSPS) is 22.7. The quantitative estimate of drug-likeness (QED) is 0.908. The number of hydrogen-bond acceptors (Lipinski definition) is 3. The van der Waals surface area contributed by atoms with Gasteiger partial charge >= 0.3 is 0 Å². The molecule has 2 N–H and O–H groups in total. The Labute approximate surface area is 116 Å². The number of benzene rings is 1. The molecule has 0 saturated carbocycles. The molecule has 0 amide bonds. The molecule has 19 heavy (non-hydrogen) atoms. The fraction of sp³-hybridized carbons (Fsp3) is 0.625. The van der Waals surface area contributed by atoms with Crippen LogP contribution in [0.15, 0.2) is 24.3 Å². The Morgan fingerprint density at radius 2 is 2.05 bits per heavy atom. The minimum Gasteiger partial charge on any atom is -0.493 e. The topological polar surface area (TPSA) is 44.5 Å². The highest BCUT2D eigenvalue weighted by atomic mass is 16.5. The summed E-state index contributed by atoms with van der Waals surface area (Å²) in [5.41, 5.74) is 7.19. The molecule has 1 aromatic carbocycles. The van der Waals surface area contributed by atoms with E-state index in [0.29, 0.717) is 13.2 Å². The highest BCUT2D eigenvalue weighted by molar-refractivity contribution is 5.36. The third-order valence-corrected chi connectivity index (χ3v) is 3.67. The van der Waals surface area contributed by atoms with E-state index in [1.807, 2.05) is 12.1 Å². The molecular formula is C16H25NO2. The van der Waals surface area contributed by atoms with Gasteiger partial charge in [-0.1, -0.05) is 18.2 Å². The van der Waals surface area contributed by atoms with E-state index in [4.69, 9.17) is 15.2 Å². The molecule has 0 aliphatic carbocycles. The van der Waals surface area contributed by atoms with Gasteiger partial charge in [0.15, 0.2) is 0 Å². The van der Waals surface area contributed by atoms with Gasteiger partial charge < -0.3 is 15.2 Å². The fourth-order valence-corrected chi connectivity index (χ4v) is 2.44. The summed E-state index contributed by atoms with van der Waals surface area (Å²) in [5.74, 6) is 1.00. The van der Waals surface area contributed by atoms with Gasteiger partial charge in [0.2, 0.25) is 0 Å². The molecule has 2 rings (SSSR count). The number of para-hydroxylation sites is 1. The molecule has 1 atom stereocenters. The van der Waals surface area contributed by atoms with Gasteiger partial charge in [-0.25, -0.2) is 0 Å². The number of fused-ring (bicyclic) bond motifs is 1. The zero-order chi connectivity index (χ0) is 13.9. The van der Waals surface area contributed by atoms with Crippen LogP contribution in [0.25, 0.3) is 0 Å². The monoisotopic (exact) mass is 263 g/mol. The van der Waals surface area contributed by atoms with E-state index in [2.05, 4.69) is 32.9 Å². The van der Waals surface area contributed by atoms with Crippen molar-refractivity contribution in [3.63, 3.8) is 0 Å². The Kier molecular flexibility index (Phi) is 4.16. The van der Waals surface area contributed by atoms with Gasteiger partial charge in [-0.3, -0.25) is 0 Å². The van der Waals surface area contributed by atoms with E-state index >= 15 is 0 Å². The molecule has 3 heteroatoms. The van der Waals surface area contributed by atoms with Gasteiger partial charge in [0.05, 0.1) is 12.2 Å². The molecule has 3 nitrogen and oxygen atoms in total. The second kappa shape index (κ2) is 5.51. The molecule has 0 bridgehead atoms. The first-order valence-electron chi connectivity index (χ1n) is 6.99. The van der Waals surface area contributed by atoms with E-state index in [1.165, 1.54) is 5.56 Å². The van der Waals surface area contributed by atoms with E-state index in [-0.39, 0.29) is 11.0 Å². The minimum absolute atomic E-state index is 0.0135. The summed E-state index contributed by atoms with van der Waals surface area (Å²) in [4.78, 5) is 0. The third kappa shape index (κ3) is 3.71. The maximum Gasteiger partial charge on any atom is 0.122 e. The third-order valence-electron chi connectivity index (χ3n) is 3.67. The first-order valence-corrected chi connectivity index (χ1v) is 6.99. The van der Waals surface area contributed by atoms with Crippen LogP contribution >= 0.6 is 0 Å². The average Bonchev–Trinajstić information content (AvgIpc) is 2.37. The van der Waals surface area contributed by atoms with Crippen molar-refractivity contribution in [1.29, 1.82) is 0 Å². The standard InChI is InChI=1S/C16H25NO2/c1-15(2,3)19-9-8-16(11-17)10-13-6-4-5-7-14(13)18-12-16/h4-7H,8-12,17H2,1-3H3. The van der Waals surface area contributed by atoms with Crippen molar-refractivity contribution in [2.24, 2.45) is 11.1 Å². The number of ether oxygens (including phenoxy) is 2. The zero-order valence-corrected chi connectivity index (χ0v) is 12.2. The van der Waals surface area contributed by atoms with Crippen LogP contribution in [-0.4, -0.2) is 25.4 Å². The molecule has 0 fully saturated rings. The molecule has 0 aromatic heterocycles. The second-order valence-corrected chi connectivity index (χ2v) is 6.49. The van der Waals surface area contributed by atoms with Crippen LogP contribution in [0.4, 0.5) is 0 Å². The first-order chi connectivity index (χ1) is 8.94. The summed E-state index contributed by atoms with van der Waals surface area (Å²) in [7, 11) is 0. The number of hydrogen-bond donors (Lipinski definition) is 1. The Balaban J connectivity index is 2.01. The molecule has 106 valence electrons. The van der Waals surface area contributed by atoms with E-state index < -0.39 is 0 Å². The van der Waals surface area contributed by atoms with Crippen LogP contribution in [0.2, 0.25) is 0 Å². The molecule has 1 aliphatic rings. The molecule has 0 spiro atoms. The van der Waals surface area contributed by atoms with Crippen molar-refractivity contribution < 1.29 is 9.47 Å². The largest absolute Gasteiger partial charge is 0.493 e. The molecule has 0 saturated heterocycles. The molecule has 1 aromatic rings. The van der Waals surface area contributed by atoms with Gasteiger partial charge in [0.1, 0.15) is 5.75 Å². The van der Waals surface area contributed by atoms with Crippen LogP contribution in [0.5, 0.6) is 5.75 Å². The minimum atomic E-state index is -0.0940. The molecule has 1 heterocycles. The van der Waals surface area contributed by atoms with Crippen LogP contribution < -0.4 is 10.5 Å². The summed E-state index contributed by atoms with van der Waals surface area (Å²) in [6.45, 7) is 8.29. The van der Waals surface area contributed by atoms with Crippen molar-refractivity contribution in [1.82, 2.24) is 0 Å². The van der Waals surface area contributed by atoms with Crippen LogP contribution in [0, 0.1) is 5.41 Å². The lowest BCUT2D eigenvalue weighted by Gasteiger charge is -2.37. The van der Waals surface area contributed by atoms with E-state index in [0.717, 1.165) is 25.2 Å². The summed E-state index contributed by atoms with van der Waals surface area (Å²) >= 11 is 0. The van der Waals surface area contributed by atoms with Crippen LogP contribution in [-0.2, 0) is 11.2 Å². The number of nitrogens with two attached hydrogens (primary N) is 1. The first kappa shape index (κ1) is 14.4. The Bertz CT molecular complexity index is 425. The summed E-state index contributed by atoms with van der Waals surface area (Å²) in [6.07, 6.45) is 1.92. The highest BCUT2D eigenvalue weighted by Gasteiger charge is 2.34. The lowest BCUT2D eigenvalue weighted by atomic mass is 9.78. The highest BCUT2D eigenvalue weighted by Crippen LogP contribution is 2.36. The van der Waals surface area contributed by atoms with Crippen molar-refractivity contribution in [2.45, 2.75) is 39.2 Å². The van der Waals surface area contributed by atoms with E-state index in [1.54, 1.807) is 0 Å². The van der Waals surface area contributed by atoms with Crippen molar-refractivity contribution >= 4 is 0 Å². The van der Waals surface area contributed by atoms with Crippen molar-refractivity contribution in [2.75, 3.05) is 19.8 Å². The van der Waals surface area contributed by atoms with Gasteiger partial charge in [0.25, 0.3) is 0 Å². The maximum absolute atomic E-state index is 6.01. The average molecular weight is 263 g/mol. The smallest absolute Gasteiger partial charge is 0.122 e. The van der Waals surface area contributed by atoms with Gasteiger partial charge in [-0.05, 0) is 45.2 Å². The van der Waals surface area contributed by atoms with Gasteiger partial charge in [-0.2, -0.15) is 0 Å². The fourth-order valence-electron chi connectivity index (χ4n) is 2.44. The van der Waals surface area contributed by atoms with Crippen LogP contribution in [0.3, 0.4) is 0 Å². The Hall–Kier alpha value is -1.06. The lowest BCUT2D eigenvalue weighted by molar-refractivity contribution is -0.0259. The zero-order valence-electron chi connectivity index (χ0n) is 12.2. The van der Waals surface area contributed by atoms with Gasteiger partial charge in [0, 0.05) is 18.6 Å². The van der Waals surface area contributed by atoms with Crippen LogP contribution in [0.1, 0.15) is 32.8 Å². The second-order valence-electron chi connectivity index (χ2n) is 6.49. The summed E-state index contributed by atoms with van der Waals surface area (Å²) in [5, 5.41) is 0. The molecule has 0 radical (unpaired) electrons. The van der Waals surface area contributed by atoms with Crippen molar-refractivity contribution in [3.8, 4) is 5.75 Å². The predicted molar refractivity (Wildman–Crippen MR) is 77.5 cm³/mol. The maximum atomic E-state index is 6.01. The number of rotatable bonds is 4. The molecule has 1 aliphatic heterocycles. The summed E-state index contributed by atoms with van der Waals surface area (Å²) < 4.78 is 11.7. The predicted octanol–water partition coefficient (Wildman–Crippen LogP) is 2.77. The lowest BCUT2D eigenvalue weighted by Crippen LogP contribution is -2.42. The SMILES string of the molecule is CC(C)(C)OCCC1(CN)COc2ccccc2C1. The molecule has 1 unspecified atom stereocenters.